The highest BCUT2D eigenvalue weighted by Gasteiger charge is 2.44. The van der Waals surface area contributed by atoms with E-state index in [1.165, 1.54) is 23.1 Å². The van der Waals surface area contributed by atoms with Crippen molar-refractivity contribution in [2.24, 2.45) is 0 Å². The average molecular weight is 596 g/mol. The third kappa shape index (κ3) is 5.22. The minimum Gasteiger partial charge on any atom is -0.346 e. The van der Waals surface area contributed by atoms with E-state index in [0.29, 0.717) is 29.8 Å². The van der Waals surface area contributed by atoms with Crippen molar-refractivity contribution < 1.29 is 31.5 Å². The van der Waals surface area contributed by atoms with Gasteiger partial charge in [0.05, 0.1) is 24.2 Å². The number of carbonyl (C=O) groups excluding carboxylic acids is 2. The average Bonchev–Trinajstić information content (AvgIpc) is 3.49. The van der Waals surface area contributed by atoms with Gasteiger partial charge >= 0.3 is 6.18 Å². The predicted molar refractivity (Wildman–Crippen MR) is 153 cm³/mol. The van der Waals surface area contributed by atoms with Crippen LogP contribution < -0.4 is 10.2 Å². The number of rotatable bonds is 6. The maximum absolute atomic E-state index is 16.7. The topological polar surface area (TPSA) is 52.7 Å². The molecule has 43 heavy (non-hydrogen) atoms. The largest absolute Gasteiger partial charge is 0.405 e. The Morgan fingerprint density at radius 1 is 1.05 bits per heavy atom. The molecule has 5 nitrogen and oxygen atoms in total. The Labute approximate surface area is 246 Å². The number of allylic oxidation sites excluding steroid dienone is 1. The van der Waals surface area contributed by atoms with Gasteiger partial charge in [0, 0.05) is 16.7 Å². The number of hydrogen-bond donors (Lipinski definition) is 1. The molecule has 0 saturated carbocycles. The molecule has 2 amide bonds. The van der Waals surface area contributed by atoms with Gasteiger partial charge in [-0.3, -0.25) is 14.5 Å². The number of halogens is 5. The second-order valence-electron chi connectivity index (χ2n) is 11.2. The van der Waals surface area contributed by atoms with Crippen LogP contribution in [0.3, 0.4) is 0 Å². The van der Waals surface area contributed by atoms with Crippen LogP contribution in [-0.2, 0) is 11.3 Å². The molecule has 224 valence electrons. The van der Waals surface area contributed by atoms with E-state index in [0.717, 1.165) is 30.9 Å². The van der Waals surface area contributed by atoms with E-state index in [9.17, 15) is 27.2 Å². The maximum atomic E-state index is 16.7. The first-order valence-electron chi connectivity index (χ1n) is 14.4. The van der Waals surface area contributed by atoms with Crippen LogP contribution in [0, 0.1) is 11.6 Å². The molecule has 1 fully saturated rings. The van der Waals surface area contributed by atoms with Crippen LogP contribution in [0.25, 0.3) is 11.1 Å². The number of benzene rings is 3. The van der Waals surface area contributed by atoms with Crippen LogP contribution in [0.1, 0.15) is 70.8 Å². The number of likely N-dealkylation sites (tertiary alicyclic amines) is 1. The van der Waals surface area contributed by atoms with Crippen molar-refractivity contribution >= 4 is 17.5 Å². The smallest absolute Gasteiger partial charge is 0.346 e. The summed E-state index contributed by atoms with van der Waals surface area (Å²) in [5.41, 5.74) is 2.55. The zero-order chi connectivity index (χ0) is 30.5. The van der Waals surface area contributed by atoms with Gasteiger partial charge in [-0.1, -0.05) is 42.8 Å². The van der Waals surface area contributed by atoms with E-state index in [4.69, 9.17) is 0 Å². The molecule has 2 atom stereocenters. The lowest BCUT2D eigenvalue weighted by atomic mass is 9.86. The molecule has 0 aromatic heterocycles. The number of alkyl halides is 3. The minimum absolute atomic E-state index is 0.129. The Morgan fingerprint density at radius 3 is 2.49 bits per heavy atom. The SMILES string of the molecule is C/C=C/C(c1c(F)cc(N2Cc3ccccc3C2=O)c2c1C(C(=O)NCC(F)(F)F)c1cc(F)ccc1-2)N1CCCCC1. The summed E-state index contributed by atoms with van der Waals surface area (Å²) in [6, 6.07) is 11.4. The highest BCUT2D eigenvalue weighted by atomic mass is 19.4. The number of carbonyl (C=O) groups is 2. The number of nitrogens with zero attached hydrogens (tertiary/aromatic N) is 2. The van der Waals surface area contributed by atoms with E-state index in [2.05, 4.69) is 4.90 Å². The van der Waals surface area contributed by atoms with Gasteiger partial charge < -0.3 is 10.2 Å². The van der Waals surface area contributed by atoms with Gasteiger partial charge in [-0.15, -0.1) is 0 Å². The van der Waals surface area contributed by atoms with Gasteiger partial charge in [0.25, 0.3) is 5.91 Å². The summed E-state index contributed by atoms with van der Waals surface area (Å²) in [6.07, 6.45) is 1.69. The van der Waals surface area contributed by atoms with Crippen LogP contribution in [0.4, 0.5) is 27.6 Å². The number of hydrogen-bond acceptors (Lipinski definition) is 3. The second-order valence-corrected chi connectivity index (χ2v) is 11.2. The van der Waals surface area contributed by atoms with Crippen molar-refractivity contribution in [2.75, 3.05) is 24.5 Å². The van der Waals surface area contributed by atoms with Crippen molar-refractivity contribution in [3.8, 4) is 11.1 Å². The van der Waals surface area contributed by atoms with E-state index >= 15 is 4.39 Å². The fourth-order valence-electron chi connectivity index (χ4n) is 6.71. The van der Waals surface area contributed by atoms with Gasteiger partial charge in [0.15, 0.2) is 0 Å². The highest BCUT2D eigenvalue weighted by Crippen LogP contribution is 2.54. The number of nitrogens with one attached hydrogen (secondary N) is 1. The van der Waals surface area contributed by atoms with Crippen molar-refractivity contribution in [2.45, 2.75) is 50.9 Å². The highest BCUT2D eigenvalue weighted by molar-refractivity contribution is 6.13. The van der Waals surface area contributed by atoms with Gasteiger partial charge in [-0.25, -0.2) is 8.78 Å². The fraction of sp³-hybridized carbons (Fsp3) is 0.333. The molecule has 3 aliphatic rings. The third-order valence-electron chi connectivity index (χ3n) is 8.51. The van der Waals surface area contributed by atoms with Crippen LogP contribution >= 0.6 is 0 Å². The molecular formula is C33H30F5N3O2. The number of fused-ring (bicyclic) bond motifs is 4. The Hall–Kier alpha value is -4.05. The molecule has 3 aromatic carbocycles. The van der Waals surface area contributed by atoms with Crippen LogP contribution in [0.15, 0.2) is 60.7 Å². The molecule has 1 aliphatic carbocycles. The van der Waals surface area contributed by atoms with Gasteiger partial charge in [0.1, 0.15) is 18.2 Å². The number of amides is 2. The number of piperidine rings is 1. The molecule has 1 saturated heterocycles. The first-order chi connectivity index (χ1) is 20.6. The number of anilines is 1. The second kappa shape index (κ2) is 11.2. The summed E-state index contributed by atoms with van der Waals surface area (Å²) in [6.45, 7) is 1.67. The fourth-order valence-corrected chi connectivity index (χ4v) is 6.71. The maximum Gasteiger partial charge on any atom is 0.405 e. The van der Waals surface area contributed by atoms with Crippen LogP contribution in [0.2, 0.25) is 0 Å². The third-order valence-corrected chi connectivity index (χ3v) is 8.51. The van der Waals surface area contributed by atoms with E-state index < -0.39 is 42.2 Å². The molecule has 3 aromatic rings. The van der Waals surface area contributed by atoms with Gasteiger partial charge in [0.2, 0.25) is 5.91 Å². The summed E-state index contributed by atoms with van der Waals surface area (Å²) >= 11 is 0. The molecule has 0 radical (unpaired) electrons. The molecule has 10 heteroatoms. The molecule has 6 rings (SSSR count). The standard InChI is InChI=1S/C33H30F5N3O2/c1-2-8-25(40-13-6-3-7-14-40)29-24(35)16-26(41-17-19-9-4-5-10-21(19)32(41)43)27-22-12-11-20(34)15-23(22)28(30(27)29)31(42)39-18-33(36,37)38/h2,4-5,8-12,15-16,25,28H,3,6-7,13-14,17-18H2,1H3,(H,39,42)/b8-2+. The summed E-state index contributed by atoms with van der Waals surface area (Å²) < 4.78 is 71.1. The molecule has 0 spiro atoms. The van der Waals surface area contributed by atoms with E-state index in [1.807, 2.05) is 11.4 Å². The molecule has 2 heterocycles. The van der Waals surface area contributed by atoms with Crippen molar-refractivity contribution in [3.63, 3.8) is 0 Å². The van der Waals surface area contributed by atoms with Crippen LogP contribution in [0.5, 0.6) is 0 Å². The summed E-state index contributed by atoms with van der Waals surface area (Å²) in [5, 5.41) is 1.95. The monoisotopic (exact) mass is 595 g/mol. The Kier molecular flexibility index (Phi) is 7.58. The Balaban J connectivity index is 1.61. The Morgan fingerprint density at radius 2 is 1.79 bits per heavy atom. The lowest BCUT2D eigenvalue weighted by molar-refractivity contribution is -0.138. The molecule has 2 unspecified atom stereocenters. The normalized spacial score (nSPS) is 19.0. The van der Waals surface area contributed by atoms with Crippen molar-refractivity contribution in [3.05, 3.63) is 100 Å². The summed E-state index contributed by atoms with van der Waals surface area (Å²) in [7, 11) is 0. The molecule has 2 aliphatic heterocycles. The Bertz CT molecular complexity index is 1630. The van der Waals surface area contributed by atoms with E-state index in [1.54, 1.807) is 37.3 Å². The first kappa shape index (κ1) is 29.0. The quantitative estimate of drug-likeness (QED) is 0.246. The summed E-state index contributed by atoms with van der Waals surface area (Å²) in [5.74, 6) is -4.18. The van der Waals surface area contributed by atoms with E-state index in [-0.39, 0.29) is 34.8 Å². The zero-order valence-electron chi connectivity index (χ0n) is 23.5. The molecule has 0 bridgehead atoms. The zero-order valence-corrected chi connectivity index (χ0v) is 23.5. The molecular weight excluding hydrogens is 565 g/mol. The summed E-state index contributed by atoms with van der Waals surface area (Å²) in [4.78, 5) is 30.8. The first-order valence-corrected chi connectivity index (χ1v) is 14.4. The van der Waals surface area contributed by atoms with Crippen molar-refractivity contribution in [1.82, 2.24) is 10.2 Å². The minimum atomic E-state index is -4.69. The lowest BCUT2D eigenvalue weighted by Gasteiger charge is -2.35. The van der Waals surface area contributed by atoms with Crippen LogP contribution in [-0.4, -0.2) is 42.5 Å². The lowest BCUT2D eigenvalue weighted by Crippen LogP contribution is -2.38. The molecule has 1 N–H and O–H groups in total. The van der Waals surface area contributed by atoms with Gasteiger partial charge in [-0.2, -0.15) is 13.2 Å². The predicted octanol–water partition coefficient (Wildman–Crippen LogP) is 7.02. The van der Waals surface area contributed by atoms with Gasteiger partial charge in [-0.05, 0) is 79.4 Å². The van der Waals surface area contributed by atoms with Crippen molar-refractivity contribution in [1.29, 1.82) is 0 Å².